The lowest BCUT2D eigenvalue weighted by atomic mass is 10.3. The molecule has 1 fully saturated rings. The Morgan fingerprint density at radius 2 is 1.83 bits per heavy atom. The molecule has 1 heterocycles. The molecular formula is C13H18ClN3O. The van der Waals surface area contributed by atoms with Crippen molar-refractivity contribution in [3.63, 3.8) is 0 Å². The summed E-state index contributed by atoms with van der Waals surface area (Å²) in [5, 5.41) is 8.69. The SMILES string of the molecule is CN1CCN(C(=N)COc2ccc(Cl)cc2)CC1. The quantitative estimate of drug-likeness (QED) is 0.672. The predicted molar refractivity (Wildman–Crippen MR) is 73.7 cm³/mol. The maximum Gasteiger partial charge on any atom is 0.145 e. The molecule has 98 valence electrons. The van der Waals surface area contributed by atoms with E-state index in [1.165, 1.54) is 0 Å². The van der Waals surface area contributed by atoms with E-state index < -0.39 is 0 Å². The molecule has 2 rings (SSSR count). The highest BCUT2D eigenvalue weighted by Gasteiger charge is 2.16. The minimum absolute atomic E-state index is 0.311. The van der Waals surface area contributed by atoms with Gasteiger partial charge in [0, 0.05) is 31.2 Å². The van der Waals surface area contributed by atoms with Crippen LogP contribution in [-0.4, -0.2) is 55.5 Å². The standard InChI is InChI=1S/C13H18ClN3O/c1-16-6-8-17(9-7-16)13(15)10-18-12-4-2-11(14)3-5-12/h2-5,15H,6-10H2,1H3. The normalized spacial score (nSPS) is 16.7. The summed E-state index contributed by atoms with van der Waals surface area (Å²) >= 11 is 5.80. The van der Waals surface area contributed by atoms with E-state index in [0.29, 0.717) is 17.5 Å². The van der Waals surface area contributed by atoms with Crippen molar-refractivity contribution in [3.8, 4) is 5.75 Å². The van der Waals surface area contributed by atoms with Gasteiger partial charge in [-0.1, -0.05) is 11.6 Å². The van der Waals surface area contributed by atoms with Crippen molar-refractivity contribution in [1.29, 1.82) is 5.41 Å². The highest BCUT2D eigenvalue weighted by molar-refractivity contribution is 6.30. The number of halogens is 1. The highest BCUT2D eigenvalue weighted by atomic mass is 35.5. The van der Waals surface area contributed by atoms with Gasteiger partial charge in [0.15, 0.2) is 0 Å². The number of hydrogen-bond donors (Lipinski definition) is 1. The van der Waals surface area contributed by atoms with Crippen molar-refractivity contribution >= 4 is 17.4 Å². The van der Waals surface area contributed by atoms with Crippen molar-refractivity contribution < 1.29 is 4.74 Å². The van der Waals surface area contributed by atoms with Crippen LogP contribution in [0.1, 0.15) is 0 Å². The molecule has 0 aromatic heterocycles. The van der Waals surface area contributed by atoms with Crippen molar-refractivity contribution in [1.82, 2.24) is 9.80 Å². The number of benzene rings is 1. The highest BCUT2D eigenvalue weighted by Crippen LogP contribution is 2.15. The third kappa shape index (κ3) is 3.62. The minimum atomic E-state index is 0.311. The van der Waals surface area contributed by atoms with E-state index in [2.05, 4.69) is 16.8 Å². The van der Waals surface area contributed by atoms with Gasteiger partial charge in [0.2, 0.25) is 0 Å². The molecule has 1 aromatic rings. The molecule has 0 radical (unpaired) electrons. The van der Waals surface area contributed by atoms with Gasteiger partial charge >= 0.3 is 0 Å². The summed E-state index contributed by atoms with van der Waals surface area (Å²) in [7, 11) is 2.10. The summed E-state index contributed by atoms with van der Waals surface area (Å²) in [6, 6.07) is 7.21. The largest absolute Gasteiger partial charge is 0.486 e. The molecule has 0 spiro atoms. The molecular weight excluding hydrogens is 250 g/mol. The van der Waals surface area contributed by atoms with Crippen LogP contribution in [0.2, 0.25) is 5.02 Å². The third-order valence-electron chi connectivity index (χ3n) is 3.07. The van der Waals surface area contributed by atoms with E-state index >= 15 is 0 Å². The van der Waals surface area contributed by atoms with Crippen LogP contribution in [0.25, 0.3) is 0 Å². The molecule has 0 unspecified atom stereocenters. The second kappa shape index (κ2) is 6.07. The number of rotatable bonds is 3. The second-order valence-corrected chi connectivity index (χ2v) is 4.92. The monoisotopic (exact) mass is 267 g/mol. The molecule has 0 amide bonds. The van der Waals surface area contributed by atoms with Crippen LogP contribution in [0.15, 0.2) is 24.3 Å². The maximum absolute atomic E-state index is 8.00. The molecule has 0 atom stereocenters. The second-order valence-electron chi connectivity index (χ2n) is 4.48. The fourth-order valence-corrected chi connectivity index (χ4v) is 1.98. The van der Waals surface area contributed by atoms with Crippen molar-refractivity contribution in [2.75, 3.05) is 39.8 Å². The maximum atomic E-state index is 8.00. The zero-order valence-corrected chi connectivity index (χ0v) is 11.3. The van der Waals surface area contributed by atoms with Crippen molar-refractivity contribution in [2.24, 2.45) is 0 Å². The summed E-state index contributed by atoms with van der Waals surface area (Å²) in [4.78, 5) is 4.33. The predicted octanol–water partition coefficient (Wildman–Crippen LogP) is 1.94. The molecule has 0 bridgehead atoms. The summed E-state index contributed by atoms with van der Waals surface area (Å²) in [6.45, 7) is 4.12. The Kier molecular flexibility index (Phi) is 4.44. The van der Waals surface area contributed by atoms with Gasteiger partial charge in [-0.05, 0) is 31.3 Å². The average molecular weight is 268 g/mol. The lowest BCUT2D eigenvalue weighted by Gasteiger charge is -2.33. The Morgan fingerprint density at radius 1 is 1.22 bits per heavy atom. The third-order valence-corrected chi connectivity index (χ3v) is 3.33. The van der Waals surface area contributed by atoms with Crippen LogP contribution in [-0.2, 0) is 0 Å². The first-order valence-electron chi connectivity index (χ1n) is 6.04. The zero-order chi connectivity index (χ0) is 13.0. The van der Waals surface area contributed by atoms with Gasteiger partial charge in [0.05, 0.1) is 0 Å². The van der Waals surface area contributed by atoms with Crippen LogP contribution in [0.3, 0.4) is 0 Å². The number of hydrogen-bond acceptors (Lipinski definition) is 3. The topological polar surface area (TPSA) is 39.6 Å². The number of nitrogens with zero attached hydrogens (tertiary/aromatic N) is 2. The Bertz CT molecular complexity index is 399. The summed E-state index contributed by atoms with van der Waals surface area (Å²) in [5.41, 5.74) is 0. The molecule has 0 aliphatic carbocycles. The Morgan fingerprint density at radius 3 is 2.44 bits per heavy atom. The lowest BCUT2D eigenvalue weighted by Crippen LogP contribution is -2.48. The van der Waals surface area contributed by atoms with Gasteiger partial charge in [-0.3, -0.25) is 5.41 Å². The number of ether oxygens (including phenoxy) is 1. The van der Waals surface area contributed by atoms with E-state index in [4.69, 9.17) is 21.7 Å². The Hall–Kier alpha value is -1.26. The first kappa shape index (κ1) is 13.2. The smallest absolute Gasteiger partial charge is 0.145 e. The van der Waals surface area contributed by atoms with Crippen LogP contribution >= 0.6 is 11.6 Å². The molecule has 1 aliphatic heterocycles. The summed E-state index contributed by atoms with van der Waals surface area (Å²) in [5.74, 6) is 1.29. The first-order chi connectivity index (χ1) is 8.65. The van der Waals surface area contributed by atoms with Gasteiger partial charge < -0.3 is 14.5 Å². The molecule has 0 saturated carbocycles. The molecule has 18 heavy (non-hydrogen) atoms. The Labute approximate surface area is 113 Å². The van der Waals surface area contributed by atoms with E-state index in [1.807, 2.05) is 12.1 Å². The van der Waals surface area contributed by atoms with Crippen LogP contribution in [0.5, 0.6) is 5.75 Å². The fourth-order valence-electron chi connectivity index (χ4n) is 1.85. The zero-order valence-electron chi connectivity index (χ0n) is 10.5. The molecule has 1 N–H and O–H groups in total. The number of amidine groups is 1. The Balaban J connectivity index is 1.79. The van der Waals surface area contributed by atoms with Crippen LogP contribution in [0, 0.1) is 5.41 Å². The van der Waals surface area contributed by atoms with E-state index in [-0.39, 0.29) is 0 Å². The van der Waals surface area contributed by atoms with Crippen LogP contribution < -0.4 is 4.74 Å². The van der Waals surface area contributed by atoms with Gasteiger partial charge in [-0.25, -0.2) is 0 Å². The molecule has 1 aromatic carbocycles. The van der Waals surface area contributed by atoms with E-state index in [9.17, 15) is 0 Å². The molecule has 5 heteroatoms. The van der Waals surface area contributed by atoms with Crippen molar-refractivity contribution in [3.05, 3.63) is 29.3 Å². The minimum Gasteiger partial charge on any atom is -0.486 e. The van der Waals surface area contributed by atoms with Gasteiger partial charge in [0.25, 0.3) is 0 Å². The molecule has 1 aliphatic rings. The number of likely N-dealkylation sites (N-methyl/N-ethyl adjacent to an activating group) is 1. The van der Waals surface area contributed by atoms with Gasteiger partial charge in [-0.15, -0.1) is 0 Å². The van der Waals surface area contributed by atoms with Gasteiger partial charge in [0.1, 0.15) is 18.2 Å². The summed E-state index contributed by atoms with van der Waals surface area (Å²) in [6.07, 6.45) is 0. The fraction of sp³-hybridized carbons (Fsp3) is 0.462. The van der Waals surface area contributed by atoms with E-state index in [1.54, 1.807) is 12.1 Å². The van der Waals surface area contributed by atoms with Gasteiger partial charge in [-0.2, -0.15) is 0 Å². The number of nitrogens with one attached hydrogen (secondary N) is 1. The lowest BCUT2D eigenvalue weighted by molar-refractivity contribution is 0.206. The van der Waals surface area contributed by atoms with E-state index in [0.717, 1.165) is 31.9 Å². The first-order valence-corrected chi connectivity index (χ1v) is 6.42. The molecule has 1 saturated heterocycles. The van der Waals surface area contributed by atoms with Crippen LogP contribution in [0.4, 0.5) is 0 Å². The molecule has 4 nitrogen and oxygen atoms in total. The van der Waals surface area contributed by atoms with Crippen molar-refractivity contribution in [2.45, 2.75) is 0 Å². The average Bonchev–Trinajstić information content (AvgIpc) is 2.38. The number of piperazine rings is 1. The summed E-state index contributed by atoms with van der Waals surface area (Å²) < 4.78 is 5.56.